The number of thiazole rings is 1. The van der Waals surface area contributed by atoms with E-state index < -0.39 is 15.9 Å². The molecule has 0 fully saturated rings. The summed E-state index contributed by atoms with van der Waals surface area (Å²) in [5.74, 6) is 2.68. The van der Waals surface area contributed by atoms with Gasteiger partial charge in [0.05, 0.1) is 34.5 Å². The van der Waals surface area contributed by atoms with Crippen molar-refractivity contribution in [3.05, 3.63) is 82.5 Å². The number of carbonyl (C=O) groups excluding carboxylic acids is 1. The average molecular weight is 494 g/mol. The van der Waals surface area contributed by atoms with Gasteiger partial charge in [-0.2, -0.15) is 9.30 Å². The van der Waals surface area contributed by atoms with E-state index in [0.717, 1.165) is 16.6 Å². The second kappa shape index (κ2) is 9.81. The lowest BCUT2D eigenvalue weighted by atomic mass is 10.2. The van der Waals surface area contributed by atoms with Crippen LogP contribution in [0.15, 0.2) is 75.2 Å². The molecule has 0 radical (unpaired) electrons. The molecule has 0 saturated carbocycles. The van der Waals surface area contributed by atoms with Crippen molar-refractivity contribution in [2.75, 3.05) is 7.05 Å². The molecule has 0 saturated heterocycles. The lowest BCUT2D eigenvalue weighted by Gasteiger charge is -2.16. The summed E-state index contributed by atoms with van der Waals surface area (Å²) in [5.41, 5.74) is 2.40. The van der Waals surface area contributed by atoms with Gasteiger partial charge in [-0.15, -0.1) is 6.42 Å². The SMILES string of the molecule is C#CCn1c(=NC(=O)c2ccc(S(=O)(=O)N(C)Cc3ccco3)cc2)sc2cc(CC)ccc21. The van der Waals surface area contributed by atoms with E-state index in [2.05, 4.69) is 23.9 Å². The first kappa shape index (κ1) is 23.7. The largest absolute Gasteiger partial charge is 0.468 e. The molecule has 0 atom stereocenters. The van der Waals surface area contributed by atoms with Gasteiger partial charge in [-0.05, 0) is 60.5 Å². The number of aromatic nitrogens is 1. The molecule has 0 aliphatic rings. The molecule has 0 unspecified atom stereocenters. The van der Waals surface area contributed by atoms with Crippen molar-refractivity contribution >= 4 is 37.5 Å². The van der Waals surface area contributed by atoms with Crippen molar-refractivity contribution in [1.82, 2.24) is 8.87 Å². The van der Waals surface area contributed by atoms with Crippen LogP contribution in [0, 0.1) is 12.3 Å². The van der Waals surface area contributed by atoms with Gasteiger partial charge in [0.25, 0.3) is 5.91 Å². The summed E-state index contributed by atoms with van der Waals surface area (Å²) in [6.45, 7) is 2.47. The van der Waals surface area contributed by atoms with Gasteiger partial charge in [-0.25, -0.2) is 8.42 Å². The minimum Gasteiger partial charge on any atom is -0.468 e. The number of carbonyl (C=O) groups is 1. The second-order valence-electron chi connectivity index (χ2n) is 7.61. The quantitative estimate of drug-likeness (QED) is 0.364. The Bertz CT molecular complexity index is 1540. The van der Waals surface area contributed by atoms with E-state index in [1.165, 1.54) is 58.8 Å². The fraction of sp³-hybridized carbons (Fsp3) is 0.200. The molecule has 9 heteroatoms. The van der Waals surface area contributed by atoms with Crippen LogP contribution in [0.5, 0.6) is 0 Å². The number of rotatable bonds is 7. The van der Waals surface area contributed by atoms with Crippen molar-refractivity contribution in [1.29, 1.82) is 0 Å². The van der Waals surface area contributed by atoms with Crippen LogP contribution in [0.3, 0.4) is 0 Å². The minimum atomic E-state index is -3.75. The van der Waals surface area contributed by atoms with Crippen molar-refractivity contribution in [2.24, 2.45) is 4.99 Å². The van der Waals surface area contributed by atoms with E-state index in [-0.39, 0.29) is 23.5 Å². The molecule has 2 aromatic carbocycles. The number of nitrogens with zero attached hydrogens (tertiary/aromatic N) is 3. The summed E-state index contributed by atoms with van der Waals surface area (Å²) in [6.07, 6.45) is 7.94. The zero-order valence-corrected chi connectivity index (χ0v) is 20.4. The van der Waals surface area contributed by atoms with E-state index in [1.807, 2.05) is 16.7 Å². The first-order valence-electron chi connectivity index (χ1n) is 10.6. The van der Waals surface area contributed by atoms with Crippen molar-refractivity contribution in [3.63, 3.8) is 0 Å². The molecule has 4 aromatic rings. The number of amides is 1. The Hall–Kier alpha value is -3.45. The van der Waals surface area contributed by atoms with Crippen LogP contribution >= 0.6 is 11.3 Å². The maximum atomic E-state index is 12.9. The third-order valence-electron chi connectivity index (χ3n) is 5.37. The number of hydrogen-bond acceptors (Lipinski definition) is 5. The fourth-order valence-corrected chi connectivity index (χ4v) is 5.70. The van der Waals surface area contributed by atoms with Gasteiger partial charge in [0.2, 0.25) is 10.0 Å². The molecule has 2 heterocycles. The van der Waals surface area contributed by atoms with E-state index in [4.69, 9.17) is 10.8 Å². The Labute approximate surface area is 202 Å². The summed E-state index contributed by atoms with van der Waals surface area (Å²) in [6, 6.07) is 15.3. The van der Waals surface area contributed by atoms with Crippen LogP contribution in [-0.4, -0.2) is 30.2 Å². The molecule has 174 valence electrons. The number of benzene rings is 2. The van der Waals surface area contributed by atoms with Gasteiger partial charge >= 0.3 is 0 Å². The van der Waals surface area contributed by atoms with E-state index in [9.17, 15) is 13.2 Å². The number of furan rings is 1. The Kier molecular flexibility index (Phi) is 6.84. The lowest BCUT2D eigenvalue weighted by Crippen LogP contribution is -2.26. The van der Waals surface area contributed by atoms with Crippen LogP contribution in [0.2, 0.25) is 0 Å². The zero-order chi connectivity index (χ0) is 24.3. The molecule has 34 heavy (non-hydrogen) atoms. The molecule has 0 aliphatic carbocycles. The predicted octanol–water partition coefficient (Wildman–Crippen LogP) is 4.05. The van der Waals surface area contributed by atoms with Crippen LogP contribution < -0.4 is 4.80 Å². The molecule has 0 spiro atoms. The molecule has 2 aromatic heterocycles. The molecule has 0 N–H and O–H groups in total. The summed E-state index contributed by atoms with van der Waals surface area (Å²) in [4.78, 5) is 17.8. The number of hydrogen-bond donors (Lipinski definition) is 0. The van der Waals surface area contributed by atoms with E-state index in [0.29, 0.717) is 10.6 Å². The number of sulfonamides is 1. The van der Waals surface area contributed by atoms with Crippen LogP contribution in [0.4, 0.5) is 0 Å². The topological polar surface area (TPSA) is 84.9 Å². The first-order chi connectivity index (χ1) is 16.3. The smallest absolute Gasteiger partial charge is 0.279 e. The third-order valence-corrected chi connectivity index (χ3v) is 8.23. The van der Waals surface area contributed by atoms with E-state index in [1.54, 1.807) is 12.1 Å². The molecule has 1 amide bonds. The third kappa shape index (κ3) is 4.75. The molecule has 0 bridgehead atoms. The fourth-order valence-electron chi connectivity index (χ4n) is 3.47. The lowest BCUT2D eigenvalue weighted by molar-refractivity contribution is 0.0998. The van der Waals surface area contributed by atoms with Gasteiger partial charge in [0.1, 0.15) is 5.76 Å². The Morgan fingerprint density at radius 3 is 2.62 bits per heavy atom. The van der Waals surface area contributed by atoms with Gasteiger partial charge in [-0.1, -0.05) is 30.2 Å². The van der Waals surface area contributed by atoms with Crippen LogP contribution in [0.1, 0.15) is 28.6 Å². The summed E-state index contributed by atoms with van der Waals surface area (Å²) in [7, 11) is -2.27. The Balaban J connectivity index is 1.62. The number of aryl methyl sites for hydroxylation is 1. The highest BCUT2D eigenvalue weighted by molar-refractivity contribution is 7.89. The average Bonchev–Trinajstić information content (AvgIpc) is 3.46. The Morgan fingerprint density at radius 1 is 1.21 bits per heavy atom. The predicted molar refractivity (Wildman–Crippen MR) is 132 cm³/mol. The van der Waals surface area contributed by atoms with Gasteiger partial charge in [0.15, 0.2) is 4.80 Å². The maximum Gasteiger partial charge on any atom is 0.279 e. The number of fused-ring (bicyclic) bond motifs is 1. The highest BCUT2D eigenvalue weighted by Gasteiger charge is 2.22. The van der Waals surface area contributed by atoms with Crippen LogP contribution in [-0.2, 0) is 29.5 Å². The molecular weight excluding hydrogens is 470 g/mol. The molecular formula is C25H23N3O4S2. The summed E-state index contributed by atoms with van der Waals surface area (Å²) >= 11 is 1.40. The summed E-state index contributed by atoms with van der Waals surface area (Å²) in [5, 5.41) is 0. The highest BCUT2D eigenvalue weighted by Crippen LogP contribution is 2.21. The maximum absolute atomic E-state index is 12.9. The van der Waals surface area contributed by atoms with Gasteiger partial charge in [0, 0.05) is 12.6 Å². The van der Waals surface area contributed by atoms with Crippen LogP contribution in [0.25, 0.3) is 10.2 Å². The van der Waals surface area contributed by atoms with Gasteiger partial charge < -0.3 is 8.98 Å². The zero-order valence-electron chi connectivity index (χ0n) is 18.8. The second-order valence-corrected chi connectivity index (χ2v) is 10.7. The minimum absolute atomic E-state index is 0.0782. The summed E-state index contributed by atoms with van der Waals surface area (Å²) < 4.78 is 35.0. The van der Waals surface area contributed by atoms with Crippen molar-refractivity contribution in [2.45, 2.75) is 31.3 Å². The highest BCUT2D eigenvalue weighted by atomic mass is 32.2. The number of terminal acetylenes is 1. The molecule has 0 aliphatic heterocycles. The van der Waals surface area contributed by atoms with Crippen molar-refractivity contribution in [3.8, 4) is 12.3 Å². The van der Waals surface area contributed by atoms with E-state index >= 15 is 0 Å². The molecule has 7 nitrogen and oxygen atoms in total. The normalized spacial score (nSPS) is 12.4. The monoisotopic (exact) mass is 493 g/mol. The van der Waals surface area contributed by atoms with Gasteiger partial charge in [-0.3, -0.25) is 4.79 Å². The molecule has 4 rings (SSSR count). The first-order valence-corrected chi connectivity index (χ1v) is 12.8. The van der Waals surface area contributed by atoms with Crippen molar-refractivity contribution < 1.29 is 17.6 Å². The standard InChI is InChI=1S/C25H23N3O4S2/c1-4-14-28-22-13-8-18(5-2)16-23(22)33-25(28)26-24(29)19-9-11-21(12-10-19)34(30,31)27(3)17-20-7-6-15-32-20/h1,6-13,15-16H,5,14,17H2,2-3H3. The Morgan fingerprint density at radius 2 is 1.97 bits per heavy atom.